The molecule has 0 saturated carbocycles. The van der Waals surface area contributed by atoms with Crippen molar-refractivity contribution in [3.63, 3.8) is 0 Å². The lowest BCUT2D eigenvalue weighted by molar-refractivity contribution is -0.114. The number of nitrogens with zero attached hydrogens (tertiary/aromatic N) is 2. The number of hydrogen-bond acceptors (Lipinski definition) is 5. The molecule has 0 aliphatic rings. The smallest absolute Gasteiger partial charge is 0.275 e. The summed E-state index contributed by atoms with van der Waals surface area (Å²) in [5.41, 5.74) is 3.05. The van der Waals surface area contributed by atoms with Gasteiger partial charge in [0.2, 0.25) is 5.91 Å². The number of nitrogens with one attached hydrogen (secondary N) is 3. The summed E-state index contributed by atoms with van der Waals surface area (Å²) < 4.78 is 0. The van der Waals surface area contributed by atoms with Gasteiger partial charge >= 0.3 is 0 Å². The molecule has 142 valence electrons. The third-order valence-corrected chi connectivity index (χ3v) is 4.18. The maximum absolute atomic E-state index is 12.4. The number of amides is 2. The standard InChI is InChI=1S/C20H18ClN5O2/c1-12-6-7-16(9-17(12)21)25-19-11-22-18(10-23-19)20(28)26-15-5-3-4-14(8-15)24-13(2)27/h3-11H,1-2H3,(H,23,25)(H,24,27)(H,26,28). The zero-order chi connectivity index (χ0) is 20.1. The van der Waals surface area contributed by atoms with Crippen LogP contribution >= 0.6 is 11.6 Å². The fraction of sp³-hybridized carbons (Fsp3) is 0.100. The summed E-state index contributed by atoms with van der Waals surface area (Å²) in [6, 6.07) is 12.4. The van der Waals surface area contributed by atoms with E-state index in [2.05, 4.69) is 25.9 Å². The molecule has 28 heavy (non-hydrogen) atoms. The Morgan fingerprint density at radius 2 is 1.68 bits per heavy atom. The Kier molecular flexibility index (Phi) is 5.86. The number of halogens is 1. The molecule has 8 heteroatoms. The predicted octanol–water partition coefficient (Wildman–Crippen LogP) is 4.39. The lowest BCUT2D eigenvalue weighted by atomic mass is 10.2. The van der Waals surface area contributed by atoms with E-state index in [4.69, 9.17) is 11.6 Å². The van der Waals surface area contributed by atoms with Crippen LogP contribution < -0.4 is 16.0 Å². The molecule has 2 amide bonds. The van der Waals surface area contributed by atoms with Gasteiger partial charge in [0, 0.05) is 29.0 Å². The average molecular weight is 396 g/mol. The Bertz CT molecular complexity index is 1020. The van der Waals surface area contributed by atoms with Crippen LogP contribution in [0.25, 0.3) is 0 Å². The van der Waals surface area contributed by atoms with E-state index in [0.717, 1.165) is 11.3 Å². The van der Waals surface area contributed by atoms with Crippen LogP contribution in [-0.2, 0) is 4.79 Å². The normalized spacial score (nSPS) is 10.2. The molecule has 0 unspecified atom stereocenters. The number of benzene rings is 2. The minimum atomic E-state index is -0.405. The molecule has 3 aromatic rings. The summed E-state index contributed by atoms with van der Waals surface area (Å²) in [5, 5.41) is 9.12. The highest BCUT2D eigenvalue weighted by molar-refractivity contribution is 6.31. The minimum Gasteiger partial charge on any atom is -0.339 e. The highest BCUT2D eigenvalue weighted by atomic mass is 35.5. The van der Waals surface area contributed by atoms with E-state index < -0.39 is 5.91 Å². The first-order chi connectivity index (χ1) is 13.4. The van der Waals surface area contributed by atoms with Crippen molar-refractivity contribution in [1.82, 2.24) is 9.97 Å². The van der Waals surface area contributed by atoms with Gasteiger partial charge < -0.3 is 16.0 Å². The van der Waals surface area contributed by atoms with Crippen molar-refractivity contribution < 1.29 is 9.59 Å². The summed E-state index contributed by atoms with van der Waals surface area (Å²) in [4.78, 5) is 31.8. The Morgan fingerprint density at radius 3 is 2.32 bits per heavy atom. The van der Waals surface area contributed by atoms with E-state index >= 15 is 0 Å². The fourth-order valence-corrected chi connectivity index (χ4v) is 2.58. The van der Waals surface area contributed by atoms with Crippen molar-refractivity contribution >= 4 is 46.3 Å². The van der Waals surface area contributed by atoms with Gasteiger partial charge in [0.1, 0.15) is 11.5 Å². The lowest BCUT2D eigenvalue weighted by Crippen LogP contribution is -2.14. The molecular weight excluding hydrogens is 378 g/mol. The first-order valence-corrected chi connectivity index (χ1v) is 8.83. The van der Waals surface area contributed by atoms with Crippen molar-refractivity contribution in [2.24, 2.45) is 0 Å². The van der Waals surface area contributed by atoms with Crippen LogP contribution in [0.15, 0.2) is 54.9 Å². The van der Waals surface area contributed by atoms with Gasteiger partial charge in [0.05, 0.1) is 12.4 Å². The minimum absolute atomic E-state index is 0.164. The number of hydrogen-bond donors (Lipinski definition) is 3. The first kappa shape index (κ1) is 19.3. The van der Waals surface area contributed by atoms with Crippen LogP contribution in [0.3, 0.4) is 0 Å². The number of aryl methyl sites for hydroxylation is 1. The molecule has 0 aliphatic carbocycles. The van der Waals surface area contributed by atoms with Gasteiger partial charge in [-0.15, -0.1) is 0 Å². The molecule has 0 saturated heterocycles. The second kappa shape index (κ2) is 8.49. The van der Waals surface area contributed by atoms with E-state index in [-0.39, 0.29) is 11.6 Å². The second-order valence-electron chi connectivity index (χ2n) is 6.09. The van der Waals surface area contributed by atoms with Crippen LogP contribution in [0, 0.1) is 6.92 Å². The average Bonchev–Trinajstić information content (AvgIpc) is 2.65. The first-order valence-electron chi connectivity index (χ1n) is 8.45. The van der Waals surface area contributed by atoms with E-state index in [1.807, 2.05) is 19.1 Å². The largest absolute Gasteiger partial charge is 0.339 e. The topological polar surface area (TPSA) is 96.0 Å². The predicted molar refractivity (Wildman–Crippen MR) is 110 cm³/mol. The maximum Gasteiger partial charge on any atom is 0.275 e. The molecule has 0 spiro atoms. The molecule has 1 aromatic heterocycles. The van der Waals surface area contributed by atoms with Gasteiger partial charge in [-0.2, -0.15) is 0 Å². The number of carbonyl (C=O) groups excluding carboxylic acids is 2. The zero-order valence-electron chi connectivity index (χ0n) is 15.3. The summed E-state index contributed by atoms with van der Waals surface area (Å²) >= 11 is 6.11. The van der Waals surface area contributed by atoms with Gasteiger partial charge in [-0.3, -0.25) is 9.59 Å². The van der Waals surface area contributed by atoms with Crippen molar-refractivity contribution in [2.45, 2.75) is 13.8 Å². The second-order valence-corrected chi connectivity index (χ2v) is 6.50. The number of anilines is 4. The van der Waals surface area contributed by atoms with Crippen LogP contribution in [-0.4, -0.2) is 21.8 Å². The monoisotopic (exact) mass is 395 g/mol. The molecule has 7 nitrogen and oxygen atoms in total. The van der Waals surface area contributed by atoms with E-state index in [1.54, 1.807) is 30.3 Å². The highest BCUT2D eigenvalue weighted by Gasteiger charge is 2.09. The fourth-order valence-electron chi connectivity index (χ4n) is 2.40. The quantitative estimate of drug-likeness (QED) is 0.595. The number of carbonyl (C=O) groups is 2. The summed E-state index contributed by atoms with van der Waals surface area (Å²) in [5.74, 6) is -0.103. The Labute approximate surface area is 167 Å². The van der Waals surface area contributed by atoms with Crippen molar-refractivity contribution in [3.05, 3.63) is 71.1 Å². The summed E-state index contributed by atoms with van der Waals surface area (Å²) in [7, 11) is 0. The maximum atomic E-state index is 12.4. The zero-order valence-corrected chi connectivity index (χ0v) is 16.0. The molecule has 0 fully saturated rings. The van der Waals surface area contributed by atoms with E-state index in [1.165, 1.54) is 19.3 Å². The molecule has 3 N–H and O–H groups in total. The van der Waals surface area contributed by atoms with Gasteiger partial charge in [-0.25, -0.2) is 9.97 Å². The summed E-state index contributed by atoms with van der Waals surface area (Å²) in [6.07, 6.45) is 2.85. The number of aromatic nitrogens is 2. The third-order valence-electron chi connectivity index (χ3n) is 3.77. The van der Waals surface area contributed by atoms with E-state index in [0.29, 0.717) is 22.2 Å². The van der Waals surface area contributed by atoms with Crippen molar-refractivity contribution in [2.75, 3.05) is 16.0 Å². The molecule has 1 heterocycles. The Hall–Kier alpha value is -3.45. The molecule has 0 radical (unpaired) electrons. The van der Waals surface area contributed by atoms with Gasteiger partial charge in [0.25, 0.3) is 5.91 Å². The van der Waals surface area contributed by atoms with Gasteiger partial charge in [-0.1, -0.05) is 23.7 Å². The lowest BCUT2D eigenvalue weighted by Gasteiger charge is -2.09. The highest BCUT2D eigenvalue weighted by Crippen LogP contribution is 2.22. The third kappa shape index (κ3) is 5.05. The number of rotatable bonds is 5. The molecule has 0 bridgehead atoms. The molecule has 0 atom stereocenters. The van der Waals surface area contributed by atoms with Gasteiger partial charge in [-0.05, 0) is 42.8 Å². The van der Waals surface area contributed by atoms with Crippen molar-refractivity contribution in [1.29, 1.82) is 0 Å². The van der Waals surface area contributed by atoms with Crippen LogP contribution in [0.5, 0.6) is 0 Å². The van der Waals surface area contributed by atoms with Crippen molar-refractivity contribution in [3.8, 4) is 0 Å². The van der Waals surface area contributed by atoms with Gasteiger partial charge in [0.15, 0.2) is 0 Å². The van der Waals surface area contributed by atoms with Crippen LogP contribution in [0.4, 0.5) is 22.9 Å². The molecular formula is C20H18ClN5O2. The van der Waals surface area contributed by atoms with Crippen LogP contribution in [0.1, 0.15) is 23.0 Å². The van der Waals surface area contributed by atoms with E-state index in [9.17, 15) is 9.59 Å². The Morgan fingerprint density at radius 1 is 0.929 bits per heavy atom. The molecule has 2 aromatic carbocycles. The Balaban J connectivity index is 1.66. The van der Waals surface area contributed by atoms with Crippen LogP contribution in [0.2, 0.25) is 5.02 Å². The molecule has 3 rings (SSSR count). The molecule has 0 aliphatic heterocycles. The SMILES string of the molecule is CC(=O)Nc1cccc(NC(=O)c2cnc(Nc3ccc(C)c(Cl)c3)cn2)c1. The summed E-state index contributed by atoms with van der Waals surface area (Å²) in [6.45, 7) is 3.34.